The van der Waals surface area contributed by atoms with E-state index in [1.807, 2.05) is 18.2 Å². The predicted molar refractivity (Wildman–Crippen MR) is 87.0 cm³/mol. The number of aromatic nitrogens is 1. The molecule has 2 rings (SSSR count). The van der Waals surface area contributed by atoms with Gasteiger partial charge < -0.3 is 10.1 Å². The highest BCUT2D eigenvalue weighted by molar-refractivity contribution is 6.35. The lowest BCUT2D eigenvalue weighted by atomic mass is 10.2. The minimum Gasteiger partial charge on any atom is -0.487 e. The van der Waals surface area contributed by atoms with Gasteiger partial charge >= 0.3 is 0 Å². The first kappa shape index (κ1) is 16.1. The van der Waals surface area contributed by atoms with E-state index < -0.39 is 0 Å². The first-order valence-corrected chi connectivity index (χ1v) is 7.55. The normalized spacial score (nSPS) is 10.9. The summed E-state index contributed by atoms with van der Waals surface area (Å²) in [6, 6.07) is 7.77. The molecule has 0 aliphatic heterocycles. The molecule has 0 unspecified atom stereocenters. The summed E-state index contributed by atoms with van der Waals surface area (Å²) in [6.07, 6.45) is 3.48. The Hall–Kier alpha value is -1.29. The van der Waals surface area contributed by atoms with Gasteiger partial charge in [-0.3, -0.25) is 4.98 Å². The van der Waals surface area contributed by atoms with Crippen LogP contribution in [-0.4, -0.2) is 11.0 Å². The number of benzene rings is 1. The molecule has 0 aliphatic rings. The van der Waals surface area contributed by atoms with Crippen molar-refractivity contribution in [3.8, 4) is 5.75 Å². The minimum atomic E-state index is 0.371. The van der Waals surface area contributed by atoms with Gasteiger partial charge in [0.05, 0.1) is 5.02 Å². The standard InChI is InChI=1S/C16H18Cl2N2O/c1-11(2)20-9-13-7-14(17)8-15(18)16(13)21-10-12-3-5-19-6-4-12/h3-8,11,20H,9-10H2,1-2H3. The molecule has 0 saturated heterocycles. The quantitative estimate of drug-likeness (QED) is 0.851. The highest BCUT2D eigenvalue weighted by atomic mass is 35.5. The Morgan fingerprint density at radius 2 is 1.90 bits per heavy atom. The summed E-state index contributed by atoms with van der Waals surface area (Å²) in [5.74, 6) is 0.672. The number of nitrogens with zero attached hydrogens (tertiary/aromatic N) is 1. The van der Waals surface area contributed by atoms with Crippen LogP contribution >= 0.6 is 23.2 Å². The van der Waals surface area contributed by atoms with Crippen LogP contribution in [0.2, 0.25) is 10.0 Å². The van der Waals surface area contributed by atoms with Crippen LogP contribution in [0.25, 0.3) is 0 Å². The largest absolute Gasteiger partial charge is 0.487 e. The van der Waals surface area contributed by atoms with Gasteiger partial charge in [-0.25, -0.2) is 0 Å². The van der Waals surface area contributed by atoms with Crippen LogP contribution in [0, 0.1) is 0 Å². The first-order valence-electron chi connectivity index (χ1n) is 6.79. The maximum Gasteiger partial charge on any atom is 0.142 e. The maximum absolute atomic E-state index is 6.27. The van der Waals surface area contributed by atoms with Crippen LogP contribution in [0.15, 0.2) is 36.7 Å². The Morgan fingerprint density at radius 3 is 2.57 bits per heavy atom. The molecule has 0 bridgehead atoms. The van der Waals surface area contributed by atoms with E-state index in [0.717, 1.165) is 11.1 Å². The zero-order valence-electron chi connectivity index (χ0n) is 12.1. The number of halogens is 2. The fourth-order valence-corrected chi connectivity index (χ4v) is 2.45. The lowest BCUT2D eigenvalue weighted by Crippen LogP contribution is -2.22. The molecule has 1 aromatic carbocycles. The van der Waals surface area contributed by atoms with E-state index in [2.05, 4.69) is 24.1 Å². The molecule has 0 fully saturated rings. The molecule has 0 atom stereocenters. The maximum atomic E-state index is 6.27. The van der Waals surface area contributed by atoms with Crippen molar-refractivity contribution in [1.82, 2.24) is 10.3 Å². The lowest BCUT2D eigenvalue weighted by molar-refractivity contribution is 0.302. The minimum absolute atomic E-state index is 0.371. The van der Waals surface area contributed by atoms with Crippen molar-refractivity contribution in [2.45, 2.75) is 33.0 Å². The Labute approximate surface area is 135 Å². The van der Waals surface area contributed by atoms with Crippen molar-refractivity contribution < 1.29 is 4.74 Å². The molecular weight excluding hydrogens is 307 g/mol. The monoisotopic (exact) mass is 324 g/mol. The number of hydrogen-bond acceptors (Lipinski definition) is 3. The summed E-state index contributed by atoms with van der Waals surface area (Å²) >= 11 is 12.3. The zero-order chi connectivity index (χ0) is 15.2. The van der Waals surface area contributed by atoms with Gasteiger partial charge in [-0.2, -0.15) is 0 Å². The van der Waals surface area contributed by atoms with Gasteiger partial charge in [0, 0.05) is 35.6 Å². The third-order valence-electron chi connectivity index (χ3n) is 2.92. The van der Waals surface area contributed by atoms with Gasteiger partial charge in [-0.1, -0.05) is 37.0 Å². The van der Waals surface area contributed by atoms with Gasteiger partial charge in [0.1, 0.15) is 12.4 Å². The molecule has 0 amide bonds. The molecule has 1 heterocycles. The zero-order valence-corrected chi connectivity index (χ0v) is 13.6. The Kier molecular flexibility index (Phi) is 5.85. The second-order valence-corrected chi connectivity index (χ2v) is 5.90. The predicted octanol–water partition coefficient (Wildman–Crippen LogP) is 4.47. The third kappa shape index (κ3) is 4.88. The van der Waals surface area contributed by atoms with E-state index in [-0.39, 0.29) is 0 Å². The van der Waals surface area contributed by atoms with Gasteiger partial charge in [-0.15, -0.1) is 0 Å². The molecule has 5 heteroatoms. The van der Waals surface area contributed by atoms with Crippen LogP contribution in [0.4, 0.5) is 0 Å². The number of nitrogens with one attached hydrogen (secondary N) is 1. The van der Waals surface area contributed by atoms with E-state index in [0.29, 0.717) is 35.0 Å². The van der Waals surface area contributed by atoms with E-state index in [1.165, 1.54) is 0 Å². The number of rotatable bonds is 6. The van der Waals surface area contributed by atoms with Crippen LogP contribution in [-0.2, 0) is 13.2 Å². The van der Waals surface area contributed by atoms with Crippen molar-refractivity contribution in [3.05, 3.63) is 57.8 Å². The van der Waals surface area contributed by atoms with E-state index in [1.54, 1.807) is 18.5 Å². The van der Waals surface area contributed by atoms with Gasteiger partial charge in [-0.05, 0) is 29.8 Å². The topological polar surface area (TPSA) is 34.1 Å². The number of pyridine rings is 1. The summed E-state index contributed by atoms with van der Waals surface area (Å²) in [5.41, 5.74) is 1.99. The van der Waals surface area contributed by atoms with Crippen molar-refractivity contribution in [2.75, 3.05) is 0 Å². The van der Waals surface area contributed by atoms with Crippen molar-refractivity contribution in [3.63, 3.8) is 0 Å². The second-order valence-electron chi connectivity index (χ2n) is 5.06. The SMILES string of the molecule is CC(C)NCc1cc(Cl)cc(Cl)c1OCc1ccncc1. The molecule has 3 nitrogen and oxygen atoms in total. The molecule has 21 heavy (non-hydrogen) atoms. The lowest BCUT2D eigenvalue weighted by Gasteiger charge is -2.15. The third-order valence-corrected chi connectivity index (χ3v) is 3.42. The van der Waals surface area contributed by atoms with Gasteiger partial charge in [0.2, 0.25) is 0 Å². The molecule has 0 aliphatic carbocycles. The van der Waals surface area contributed by atoms with Crippen molar-refractivity contribution in [1.29, 1.82) is 0 Å². The van der Waals surface area contributed by atoms with Crippen molar-refractivity contribution in [2.24, 2.45) is 0 Å². The Bertz CT molecular complexity index is 588. The average Bonchev–Trinajstić information content (AvgIpc) is 2.45. The van der Waals surface area contributed by atoms with Crippen LogP contribution in [0.3, 0.4) is 0 Å². The molecule has 0 saturated carbocycles. The summed E-state index contributed by atoms with van der Waals surface area (Å²) in [7, 11) is 0. The second kappa shape index (κ2) is 7.64. The number of ether oxygens (including phenoxy) is 1. The van der Waals surface area contributed by atoms with Gasteiger partial charge in [0.25, 0.3) is 0 Å². The van der Waals surface area contributed by atoms with E-state index in [4.69, 9.17) is 27.9 Å². The molecule has 0 spiro atoms. The molecule has 1 aromatic heterocycles. The summed E-state index contributed by atoms with van der Waals surface area (Å²) in [6.45, 7) is 5.27. The van der Waals surface area contributed by atoms with Crippen molar-refractivity contribution >= 4 is 23.2 Å². The highest BCUT2D eigenvalue weighted by Crippen LogP contribution is 2.33. The summed E-state index contributed by atoms with van der Waals surface area (Å²) in [4.78, 5) is 3.99. The fourth-order valence-electron chi connectivity index (χ4n) is 1.86. The number of hydrogen-bond donors (Lipinski definition) is 1. The van der Waals surface area contributed by atoms with Crippen LogP contribution in [0.1, 0.15) is 25.0 Å². The molecule has 112 valence electrons. The smallest absolute Gasteiger partial charge is 0.142 e. The highest BCUT2D eigenvalue weighted by Gasteiger charge is 2.11. The van der Waals surface area contributed by atoms with Crippen LogP contribution < -0.4 is 10.1 Å². The van der Waals surface area contributed by atoms with Crippen LogP contribution in [0.5, 0.6) is 5.75 Å². The summed E-state index contributed by atoms with van der Waals surface area (Å²) < 4.78 is 5.88. The summed E-state index contributed by atoms with van der Waals surface area (Å²) in [5, 5.41) is 4.48. The van der Waals surface area contributed by atoms with Gasteiger partial charge in [0.15, 0.2) is 0 Å². The molecule has 1 N–H and O–H groups in total. The molecular formula is C16H18Cl2N2O. The fraction of sp³-hybridized carbons (Fsp3) is 0.312. The Balaban J connectivity index is 2.16. The molecule has 0 radical (unpaired) electrons. The molecule has 2 aromatic rings. The Morgan fingerprint density at radius 1 is 1.19 bits per heavy atom. The van der Waals surface area contributed by atoms with E-state index in [9.17, 15) is 0 Å². The first-order chi connectivity index (χ1) is 10.1. The van der Waals surface area contributed by atoms with E-state index >= 15 is 0 Å². The average molecular weight is 325 g/mol.